The summed E-state index contributed by atoms with van der Waals surface area (Å²) in [5.41, 5.74) is 2.73. The van der Waals surface area contributed by atoms with Gasteiger partial charge in [0.2, 0.25) is 15.9 Å². The lowest BCUT2D eigenvalue weighted by molar-refractivity contribution is -0.114. The first-order valence-corrected chi connectivity index (χ1v) is 11.5. The molecule has 0 aromatic heterocycles. The normalized spacial score (nSPS) is 15.1. The van der Waals surface area contributed by atoms with Crippen LogP contribution in [0.25, 0.3) is 0 Å². The van der Waals surface area contributed by atoms with E-state index in [2.05, 4.69) is 10.6 Å². The van der Waals surface area contributed by atoms with Crippen LogP contribution >= 0.6 is 11.6 Å². The van der Waals surface area contributed by atoms with Gasteiger partial charge in [0, 0.05) is 29.5 Å². The number of carbonyl (C=O) groups excluding carboxylic acids is 1. The Morgan fingerprint density at radius 2 is 1.83 bits per heavy atom. The minimum atomic E-state index is -3.53. The Bertz CT molecular complexity index is 1000. The van der Waals surface area contributed by atoms with Gasteiger partial charge < -0.3 is 10.6 Å². The van der Waals surface area contributed by atoms with Gasteiger partial charge in [-0.1, -0.05) is 30.2 Å². The van der Waals surface area contributed by atoms with Crippen molar-refractivity contribution in [2.24, 2.45) is 0 Å². The zero-order chi connectivity index (χ0) is 21.0. The van der Waals surface area contributed by atoms with E-state index in [0.29, 0.717) is 35.1 Å². The van der Waals surface area contributed by atoms with Crippen molar-refractivity contribution in [2.45, 2.75) is 38.0 Å². The molecule has 0 atom stereocenters. The highest BCUT2D eigenvalue weighted by Crippen LogP contribution is 2.26. The largest absolute Gasteiger partial charge is 0.376 e. The standard InChI is InChI=1S/C21H26ClN3O3S/c1-15-9-10-17(13-20(15)29(27,28)25-11-4-3-5-12-25)23-14-21(26)24-19-8-6-7-18(22)16(19)2/h6-10,13,23H,3-5,11-12,14H2,1-2H3,(H,24,26). The van der Waals surface area contributed by atoms with Gasteiger partial charge in [0.1, 0.15) is 0 Å². The Hall–Kier alpha value is -2.09. The number of carbonyl (C=O) groups is 1. The molecule has 2 N–H and O–H groups in total. The summed E-state index contributed by atoms with van der Waals surface area (Å²) in [4.78, 5) is 12.6. The number of sulfonamides is 1. The van der Waals surface area contributed by atoms with Crippen LogP contribution in [-0.2, 0) is 14.8 Å². The second kappa shape index (κ2) is 9.15. The van der Waals surface area contributed by atoms with Crippen molar-refractivity contribution in [3.63, 3.8) is 0 Å². The van der Waals surface area contributed by atoms with E-state index in [1.54, 1.807) is 47.6 Å². The first-order valence-electron chi connectivity index (χ1n) is 9.68. The molecule has 1 aliphatic rings. The number of piperidine rings is 1. The lowest BCUT2D eigenvalue weighted by Crippen LogP contribution is -2.36. The van der Waals surface area contributed by atoms with Gasteiger partial charge in [-0.05, 0) is 62.1 Å². The first-order chi connectivity index (χ1) is 13.8. The van der Waals surface area contributed by atoms with E-state index in [1.165, 1.54) is 0 Å². The molecule has 1 saturated heterocycles. The molecule has 0 radical (unpaired) electrons. The summed E-state index contributed by atoms with van der Waals surface area (Å²) < 4.78 is 27.6. The van der Waals surface area contributed by atoms with Crippen molar-refractivity contribution in [1.29, 1.82) is 0 Å². The zero-order valence-corrected chi connectivity index (χ0v) is 18.2. The van der Waals surface area contributed by atoms with E-state index in [1.807, 2.05) is 6.92 Å². The monoisotopic (exact) mass is 435 g/mol. The lowest BCUT2D eigenvalue weighted by atomic mass is 10.2. The number of nitrogens with zero attached hydrogens (tertiary/aromatic N) is 1. The van der Waals surface area contributed by atoms with E-state index in [4.69, 9.17) is 11.6 Å². The summed E-state index contributed by atoms with van der Waals surface area (Å²) in [6.07, 6.45) is 2.84. The summed E-state index contributed by atoms with van der Waals surface area (Å²) >= 11 is 6.08. The van der Waals surface area contributed by atoms with E-state index < -0.39 is 10.0 Å². The zero-order valence-electron chi connectivity index (χ0n) is 16.7. The maximum atomic E-state index is 13.0. The highest BCUT2D eigenvalue weighted by atomic mass is 35.5. The summed E-state index contributed by atoms with van der Waals surface area (Å²) in [7, 11) is -3.53. The number of amides is 1. The third kappa shape index (κ3) is 5.10. The topological polar surface area (TPSA) is 78.5 Å². The predicted octanol–water partition coefficient (Wildman–Crippen LogP) is 4.18. The van der Waals surface area contributed by atoms with Gasteiger partial charge in [-0.2, -0.15) is 4.31 Å². The predicted molar refractivity (Wildman–Crippen MR) is 117 cm³/mol. The fraction of sp³-hybridized carbons (Fsp3) is 0.381. The molecule has 0 unspecified atom stereocenters. The number of rotatable bonds is 6. The fourth-order valence-corrected chi connectivity index (χ4v) is 5.29. The Morgan fingerprint density at radius 1 is 1.10 bits per heavy atom. The van der Waals surface area contributed by atoms with Gasteiger partial charge in [0.05, 0.1) is 11.4 Å². The molecular formula is C21H26ClN3O3S. The molecule has 0 saturated carbocycles. The van der Waals surface area contributed by atoms with Crippen molar-refractivity contribution < 1.29 is 13.2 Å². The number of nitrogens with one attached hydrogen (secondary N) is 2. The van der Waals surface area contributed by atoms with Gasteiger partial charge >= 0.3 is 0 Å². The molecule has 1 heterocycles. The summed E-state index contributed by atoms with van der Waals surface area (Å²) in [6.45, 7) is 4.75. The Morgan fingerprint density at radius 3 is 2.55 bits per heavy atom. The SMILES string of the molecule is Cc1ccc(NCC(=O)Nc2cccc(Cl)c2C)cc1S(=O)(=O)N1CCCCC1. The van der Waals surface area contributed by atoms with Crippen molar-refractivity contribution in [3.8, 4) is 0 Å². The summed E-state index contributed by atoms with van der Waals surface area (Å²) in [5, 5.41) is 6.42. The molecule has 8 heteroatoms. The number of anilines is 2. The minimum Gasteiger partial charge on any atom is -0.376 e. The highest BCUT2D eigenvalue weighted by Gasteiger charge is 2.27. The second-order valence-electron chi connectivity index (χ2n) is 7.26. The lowest BCUT2D eigenvalue weighted by Gasteiger charge is -2.26. The molecule has 1 aliphatic heterocycles. The van der Waals surface area contributed by atoms with Crippen molar-refractivity contribution in [3.05, 3.63) is 52.5 Å². The van der Waals surface area contributed by atoms with Crippen LogP contribution in [0, 0.1) is 13.8 Å². The number of hydrogen-bond donors (Lipinski definition) is 2. The van der Waals surface area contributed by atoms with Crippen LogP contribution in [0.5, 0.6) is 0 Å². The Kier molecular flexibility index (Phi) is 6.82. The molecule has 1 fully saturated rings. The smallest absolute Gasteiger partial charge is 0.243 e. The van der Waals surface area contributed by atoms with Gasteiger partial charge in [-0.15, -0.1) is 0 Å². The van der Waals surface area contributed by atoms with Crippen LogP contribution in [-0.4, -0.2) is 38.3 Å². The van der Waals surface area contributed by atoms with Crippen molar-refractivity contribution in [1.82, 2.24) is 4.31 Å². The average Bonchev–Trinajstić information content (AvgIpc) is 2.71. The third-order valence-electron chi connectivity index (χ3n) is 5.12. The maximum Gasteiger partial charge on any atom is 0.243 e. The van der Waals surface area contributed by atoms with Crippen LogP contribution in [0.2, 0.25) is 5.02 Å². The van der Waals surface area contributed by atoms with Crippen LogP contribution in [0.1, 0.15) is 30.4 Å². The van der Waals surface area contributed by atoms with E-state index >= 15 is 0 Å². The van der Waals surface area contributed by atoms with Crippen LogP contribution < -0.4 is 10.6 Å². The number of halogens is 1. The van der Waals surface area contributed by atoms with E-state index in [-0.39, 0.29) is 17.3 Å². The molecule has 3 rings (SSSR count). The van der Waals surface area contributed by atoms with Gasteiger partial charge in [-0.3, -0.25) is 4.79 Å². The molecule has 156 valence electrons. The first kappa shape index (κ1) is 21.6. The van der Waals surface area contributed by atoms with E-state index in [0.717, 1.165) is 24.8 Å². The molecule has 2 aromatic carbocycles. The summed E-state index contributed by atoms with van der Waals surface area (Å²) in [6, 6.07) is 10.5. The number of benzene rings is 2. The average molecular weight is 436 g/mol. The molecule has 29 heavy (non-hydrogen) atoms. The van der Waals surface area contributed by atoms with Crippen LogP contribution in [0.15, 0.2) is 41.3 Å². The Balaban J connectivity index is 1.69. The fourth-order valence-electron chi connectivity index (χ4n) is 3.35. The number of hydrogen-bond acceptors (Lipinski definition) is 4. The minimum absolute atomic E-state index is 0.0121. The quantitative estimate of drug-likeness (QED) is 0.713. The van der Waals surface area contributed by atoms with Crippen LogP contribution in [0.4, 0.5) is 11.4 Å². The molecule has 6 nitrogen and oxygen atoms in total. The van der Waals surface area contributed by atoms with Crippen molar-refractivity contribution >= 4 is 38.9 Å². The van der Waals surface area contributed by atoms with Crippen LogP contribution in [0.3, 0.4) is 0 Å². The maximum absolute atomic E-state index is 13.0. The highest BCUT2D eigenvalue weighted by molar-refractivity contribution is 7.89. The van der Waals surface area contributed by atoms with Crippen molar-refractivity contribution in [2.75, 3.05) is 30.3 Å². The second-order valence-corrected chi connectivity index (χ2v) is 9.57. The Labute approximate surface area is 177 Å². The van der Waals surface area contributed by atoms with E-state index in [9.17, 15) is 13.2 Å². The third-order valence-corrected chi connectivity index (χ3v) is 7.57. The summed E-state index contributed by atoms with van der Waals surface area (Å²) in [5.74, 6) is -0.239. The molecule has 1 amide bonds. The van der Waals surface area contributed by atoms with Gasteiger partial charge in [0.25, 0.3) is 0 Å². The molecule has 0 bridgehead atoms. The molecule has 2 aromatic rings. The van der Waals surface area contributed by atoms with Gasteiger partial charge in [0.15, 0.2) is 0 Å². The molecule has 0 aliphatic carbocycles. The van der Waals surface area contributed by atoms with Gasteiger partial charge in [-0.25, -0.2) is 8.42 Å². The molecule has 0 spiro atoms. The molecular weight excluding hydrogens is 410 g/mol. The number of aryl methyl sites for hydroxylation is 1.